The molecular formula is C16H31NO2. The second kappa shape index (κ2) is 9.35. The van der Waals surface area contributed by atoms with E-state index >= 15 is 0 Å². The maximum Gasteiger partial charge on any atom is 0.223 e. The van der Waals surface area contributed by atoms with Crippen LogP contribution in [0.3, 0.4) is 0 Å². The molecule has 1 unspecified atom stereocenters. The number of hydrogen-bond donors (Lipinski definition) is 2. The summed E-state index contributed by atoms with van der Waals surface area (Å²) in [5.74, 6) is 0.910. The predicted octanol–water partition coefficient (Wildman–Crippen LogP) is 3.26. The molecule has 1 atom stereocenters. The fraction of sp³-hybridized carbons (Fsp3) is 0.938. The Morgan fingerprint density at radius 1 is 1.21 bits per heavy atom. The van der Waals surface area contributed by atoms with Crippen molar-refractivity contribution in [1.29, 1.82) is 0 Å². The number of amides is 1. The summed E-state index contributed by atoms with van der Waals surface area (Å²) in [4.78, 5) is 12.2. The van der Waals surface area contributed by atoms with E-state index in [2.05, 4.69) is 19.2 Å². The van der Waals surface area contributed by atoms with Gasteiger partial charge in [0.15, 0.2) is 0 Å². The quantitative estimate of drug-likeness (QED) is 0.664. The lowest BCUT2D eigenvalue weighted by Gasteiger charge is -2.29. The average Bonchev–Trinajstić information content (AvgIpc) is 2.44. The lowest BCUT2D eigenvalue weighted by atomic mass is 9.86. The summed E-state index contributed by atoms with van der Waals surface area (Å²) in [6.07, 6.45) is 9.74. The van der Waals surface area contributed by atoms with Gasteiger partial charge in [-0.3, -0.25) is 4.79 Å². The molecule has 1 aliphatic rings. The Labute approximate surface area is 118 Å². The van der Waals surface area contributed by atoms with Gasteiger partial charge in [0, 0.05) is 18.6 Å². The van der Waals surface area contributed by atoms with Crippen LogP contribution in [-0.2, 0) is 4.79 Å². The van der Waals surface area contributed by atoms with Gasteiger partial charge in [0.25, 0.3) is 0 Å². The largest absolute Gasteiger partial charge is 0.396 e. The van der Waals surface area contributed by atoms with Crippen molar-refractivity contribution in [2.24, 2.45) is 11.8 Å². The van der Waals surface area contributed by atoms with Crippen LogP contribution in [-0.4, -0.2) is 23.7 Å². The van der Waals surface area contributed by atoms with Gasteiger partial charge in [-0.2, -0.15) is 0 Å². The van der Waals surface area contributed by atoms with Crippen LogP contribution in [0, 0.1) is 11.8 Å². The van der Waals surface area contributed by atoms with E-state index in [4.69, 9.17) is 5.11 Å². The third-order valence-corrected chi connectivity index (χ3v) is 4.47. The molecule has 19 heavy (non-hydrogen) atoms. The van der Waals surface area contributed by atoms with Crippen LogP contribution < -0.4 is 5.32 Å². The molecule has 1 fully saturated rings. The fourth-order valence-corrected chi connectivity index (χ4v) is 2.97. The number of hydrogen-bond acceptors (Lipinski definition) is 2. The molecule has 1 saturated carbocycles. The lowest BCUT2D eigenvalue weighted by molar-refractivity contribution is -0.126. The average molecular weight is 269 g/mol. The van der Waals surface area contributed by atoms with Crippen LogP contribution in [0.15, 0.2) is 0 Å². The number of unbranched alkanes of at least 4 members (excludes halogenated alkanes) is 2. The topological polar surface area (TPSA) is 49.3 Å². The molecule has 0 saturated heterocycles. The Bertz CT molecular complexity index is 247. The molecule has 0 aromatic carbocycles. The van der Waals surface area contributed by atoms with Crippen molar-refractivity contribution >= 4 is 5.91 Å². The molecule has 0 heterocycles. The van der Waals surface area contributed by atoms with Crippen LogP contribution in [0.5, 0.6) is 0 Å². The summed E-state index contributed by atoms with van der Waals surface area (Å²) in [7, 11) is 0. The van der Waals surface area contributed by atoms with Gasteiger partial charge in [-0.1, -0.05) is 33.1 Å². The number of aliphatic hydroxyl groups is 1. The van der Waals surface area contributed by atoms with Crippen LogP contribution >= 0.6 is 0 Å². The van der Waals surface area contributed by atoms with Crippen molar-refractivity contribution in [3.63, 3.8) is 0 Å². The molecule has 1 amide bonds. The van der Waals surface area contributed by atoms with E-state index in [1.165, 1.54) is 19.3 Å². The molecule has 0 aliphatic heterocycles. The number of nitrogens with one attached hydrogen (secondary N) is 1. The molecule has 0 spiro atoms. The molecule has 0 radical (unpaired) electrons. The summed E-state index contributed by atoms with van der Waals surface area (Å²) >= 11 is 0. The van der Waals surface area contributed by atoms with Crippen molar-refractivity contribution in [2.45, 2.75) is 77.7 Å². The second-order valence-corrected chi connectivity index (χ2v) is 6.01. The Morgan fingerprint density at radius 3 is 2.42 bits per heavy atom. The lowest BCUT2D eigenvalue weighted by Crippen LogP contribution is -2.41. The molecule has 112 valence electrons. The first-order chi connectivity index (χ1) is 9.21. The van der Waals surface area contributed by atoms with Gasteiger partial charge in [0.05, 0.1) is 0 Å². The Kier molecular flexibility index (Phi) is 8.11. The summed E-state index contributed by atoms with van der Waals surface area (Å²) in [6, 6.07) is 0.343. The number of carbonyl (C=O) groups excluding carboxylic acids is 1. The highest BCUT2D eigenvalue weighted by atomic mass is 16.3. The maximum atomic E-state index is 12.2. The van der Waals surface area contributed by atoms with E-state index in [-0.39, 0.29) is 11.8 Å². The van der Waals surface area contributed by atoms with Crippen molar-refractivity contribution in [3.05, 3.63) is 0 Å². The molecule has 1 rings (SSSR count). The summed E-state index contributed by atoms with van der Waals surface area (Å²) in [6.45, 7) is 4.61. The SMILES string of the molecule is CCCCCC(CC)C(=O)NC1CCC(CO)CC1. The van der Waals surface area contributed by atoms with Gasteiger partial charge < -0.3 is 10.4 Å². The smallest absolute Gasteiger partial charge is 0.223 e. The minimum absolute atomic E-state index is 0.196. The van der Waals surface area contributed by atoms with Gasteiger partial charge in [-0.05, 0) is 44.4 Å². The Hall–Kier alpha value is -0.570. The van der Waals surface area contributed by atoms with E-state index in [0.29, 0.717) is 18.6 Å². The normalized spacial score (nSPS) is 25.0. The second-order valence-electron chi connectivity index (χ2n) is 6.01. The molecule has 3 nitrogen and oxygen atoms in total. The summed E-state index contributed by atoms with van der Waals surface area (Å²) < 4.78 is 0. The van der Waals surface area contributed by atoms with Crippen LogP contribution in [0.1, 0.15) is 71.6 Å². The van der Waals surface area contributed by atoms with Gasteiger partial charge in [-0.25, -0.2) is 0 Å². The molecule has 1 aliphatic carbocycles. The number of rotatable bonds is 8. The first-order valence-corrected chi connectivity index (χ1v) is 8.12. The maximum absolute atomic E-state index is 12.2. The van der Waals surface area contributed by atoms with E-state index in [1.54, 1.807) is 0 Å². The number of aliphatic hydroxyl groups excluding tert-OH is 1. The zero-order valence-electron chi connectivity index (χ0n) is 12.7. The van der Waals surface area contributed by atoms with E-state index in [9.17, 15) is 4.79 Å². The predicted molar refractivity (Wildman–Crippen MR) is 78.9 cm³/mol. The molecule has 2 N–H and O–H groups in total. The fourth-order valence-electron chi connectivity index (χ4n) is 2.97. The van der Waals surface area contributed by atoms with Crippen molar-refractivity contribution in [2.75, 3.05) is 6.61 Å². The van der Waals surface area contributed by atoms with Crippen LogP contribution in [0.2, 0.25) is 0 Å². The third kappa shape index (κ3) is 5.94. The molecule has 0 aromatic rings. The first-order valence-electron chi connectivity index (χ1n) is 8.12. The minimum atomic E-state index is 0.196. The molecule has 3 heteroatoms. The standard InChI is InChI=1S/C16H31NO2/c1-3-5-6-7-14(4-2)16(19)17-15-10-8-13(12-18)9-11-15/h13-15,18H,3-12H2,1-2H3,(H,17,19). The molecular weight excluding hydrogens is 238 g/mol. The van der Waals surface area contributed by atoms with Crippen molar-refractivity contribution < 1.29 is 9.90 Å². The highest BCUT2D eigenvalue weighted by molar-refractivity contribution is 5.78. The zero-order valence-corrected chi connectivity index (χ0v) is 12.7. The van der Waals surface area contributed by atoms with Crippen molar-refractivity contribution in [1.82, 2.24) is 5.32 Å². The first kappa shape index (κ1) is 16.5. The van der Waals surface area contributed by atoms with E-state index in [1.807, 2.05) is 0 Å². The van der Waals surface area contributed by atoms with E-state index in [0.717, 1.165) is 38.5 Å². The van der Waals surface area contributed by atoms with Gasteiger partial charge in [0.2, 0.25) is 5.91 Å². The highest BCUT2D eigenvalue weighted by Crippen LogP contribution is 2.24. The van der Waals surface area contributed by atoms with E-state index < -0.39 is 0 Å². The van der Waals surface area contributed by atoms with Crippen LogP contribution in [0.4, 0.5) is 0 Å². The van der Waals surface area contributed by atoms with Gasteiger partial charge in [0.1, 0.15) is 0 Å². The molecule has 0 bridgehead atoms. The summed E-state index contributed by atoms with van der Waals surface area (Å²) in [5.41, 5.74) is 0. The third-order valence-electron chi connectivity index (χ3n) is 4.47. The monoisotopic (exact) mass is 269 g/mol. The zero-order chi connectivity index (χ0) is 14.1. The summed E-state index contributed by atoms with van der Waals surface area (Å²) in [5, 5.41) is 12.3. The number of carbonyl (C=O) groups is 1. The van der Waals surface area contributed by atoms with Gasteiger partial charge in [-0.15, -0.1) is 0 Å². The molecule has 0 aromatic heterocycles. The minimum Gasteiger partial charge on any atom is -0.396 e. The highest BCUT2D eigenvalue weighted by Gasteiger charge is 2.24. The van der Waals surface area contributed by atoms with Crippen molar-refractivity contribution in [3.8, 4) is 0 Å². The van der Waals surface area contributed by atoms with Crippen LogP contribution in [0.25, 0.3) is 0 Å². The Morgan fingerprint density at radius 2 is 1.89 bits per heavy atom. The Balaban J connectivity index is 2.28. The van der Waals surface area contributed by atoms with Gasteiger partial charge >= 0.3 is 0 Å².